The molecule has 7 heavy (non-hydrogen) atoms. The molecule has 0 N–H and O–H groups in total. The quantitative estimate of drug-likeness (QED) is 0.425. The van der Waals surface area contributed by atoms with Gasteiger partial charge in [-0.25, -0.2) is 0 Å². The van der Waals surface area contributed by atoms with Crippen molar-refractivity contribution in [1.29, 1.82) is 0 Å². The Balaban J connectivity index is 2.45. The third-order valence-corrected chi connectivity index (χ3v) is 0.940. The number of unbranched alkanes of at least 4 members (excludes halogenated alkanes) is 1. The van der Waals surface area contributed by atoms with Gasteiger partial charge >= 0.3 is 52.6 Å². The zero-order valence-electron chi connectivity index (χ0n) is 4.59. The van der Waals surface area contributed by atoms with Crippen LogP contribution in [0, 0.1) is 0 Å². The Labute approximate surface area is 53.2 Å². The Morgan fingerprint density at radius 1 is 1.57 bits per heavy atom. The maximum absolute atomic E-state index is 4.96. The van der Waals surface area contributed by atoms with Crippen molar-refractivity contribution in [2.24, 2.45) is 0 Å². The fourth-order valence-electron chi connectivity index (χ4n) is 0.297. The van der Waals surface area contributed by atoms with Gasteiger partial charge in [0.25, 0.3) is 0 Å². The van der Waals surface area contributed by atoms with Crippen molar-refractivity contribution in [3.8, 4) is 0 Å². The van der Waals surface area contributed by atoms with Gasteiger partial charge in [0.2, 0.25) is 0 Å². The van der Waals surface area contributed by atoms with Gasteiger partial charge in [0.15, 0.2) is 0 Å². The molecule has 0 heterocycles. The molecule has 0 unspecified atom stereocenters. The van der Waals surface area contributed by atoms with Crippen LogP contribution in [0.4, 0.5) is 0 Å². The van der Waals surface area contributed by atoms with Gasteiger partial charge < -0.3 is 0 Å². The molecule has 0 fully saturated rings. The van der Waals surface area contributed by atoms with E-state index in [0.29, 0.717) is 5.51 Å². The van der Waals surface area contributed by atoms with Crippen LogP contribution < -0.4 is 0 Å². The summed E-state index contributed by atoms with van der Waals surface area (Å²) in [5.41, 5.74) is 0.611. The molecule has 0 bridgehead atoms. The number of ether oxygens (including phenoxy) is 1. The first-order chi connectivity index (χ1) is 3.41. The Hall–Kier alpha value is 0.479. The average Bonchev–Trinajstić information content (AvgIpc) is 1.69. The van der Waals surface area contributed by atoms with Crippen LogP contribution in [0.2, 0.25) is 0 Å². The van der Waals surface area contributed by atoms with Crippen molar-refractivity contribution >= 4 is 0 Å². The van der Waals surface area contributed by atoms with Crippen LogP contribution in [0.25, 0.3) is 0 Å². The van der Waals surface area contributed by atoms with Crippen LogP contribution >= 0.6 is 0 Å². The van der Waals surface area contributed by atoms with Crippen LogP contribution in [0.3, 0.4) is 0 Å². The molecule has 2 heteroatoms. The SMILES string of the molecule is CCCCO[CH2][Fe]. The van der Waals surface area contributed by atoms with Gasteiger partial charge in [-0.3, -0.25) is 0 Å². The van der Waals surface area contributed by atoms with Gasteiger partial charge in [-0.05, 0) is 0 Å². The van der Waals surface area contributed by atoms with E-state index in [-0.39, 0.29) is 0 Å². The zero-order valence-corrected chi connectivity index (χ0v) is 5.69. The summed E-state index contributed by atoms with van der Waals surface area (Å²) in [7, 11) is 0. The summed E-state index contributed by atoms with van der Waals surface area (Å²) in [6, 6.07) is 0. The standard InChI is InChI=1S/C5H11O.Fe/c1-3-4-5-6-2;/h2-5H2,1H3;. The van der Waals surface area contributed by atoms with Crippen molar-refractivity contribution in [3.63, 3.8) is 0 Å². The normalized spacial score (nSPS) is 9.43. The molecule has 0 amide bonds. The average molecular weight is 143 g/mol. The van der Waals surface area contributed by atoms with Crippen LogP contribution in [-0.2, 0) is 20.7 Å². The molecule has 0 atom stereocenters. The van der Waals surface area contributed by atoms with Crippen LogP contribution in [-0.4, -0.2) is 12.1 Å². The molecule has 1 nitrogen and oxygen atoms in total. The summed E-state index contributed by atoms with van der Waals surface area (Å²) >= 11 is 3.54. The van der Waals surface area contributed by atoms with Gasteiger partial charge in [-0.15, -0.1) is 0 Å². The van der Waals surface area contributed by atoms with E-state index >= 15 is 0 Å². The number of rotatable bonds is 4. The van der Waals surface area contributed by atoms with Gasteiger partial charge in [0.05, 0.1) is 0 Å². The first-order valence-electron chi connectivity index (χ1n) is 2.53. The predicted octanol–water partition coefficient (Wildman–Crippen LogP) is 1.31. The van der Waals surface area contributed by atoms with Gasteiger partial charge in [0, 0.05) is 0 Å². The molecule has 0 saturated carbocycles. The molecular formula is C5H11FeO. The first-order valence-corrected chi connectivity index (χ1v) is 3.32. The predicted molar refractivity (Wildman–Crippen MR) is 25.7 cm³/mol. The molecule has 0 saturated heterocycles. The minimum absolute atomic E-state index is 0.611. The summed E-state index contributed by atoms with van der Waals surface area (Å²) in [5.74, 6) is 0. The molecule has 0 aliphatic carbocycles. The fourth-order valence-corrected chi connectivity index (χ4v) is 0.457. The molecule has 0 aromatic rings. The molecule has 0 aliphatic heterocycles. The summed E-state index contributed by atoms with van der Waals surface area (Å²) in [5, 5.41) is 0. The molecule has 0 radical (unpaired) electrons. The monoisotopic (exact) mass is 143 g/mol. The second-order valence-electron chi connectivity index (χ2n) is 1.36. The van der Waals surface area contributed by atoms with Crippen molar-refractivity contribution in [1.82, 2.24) is 0 Å². The summed E-state index contributed by atoms with van der Waals surface area (Å²) in [6.07, 6.45) is 2.37. The maximum atomic E-state index is 4.96. The van der Waals surface area contributed by atoms with Crippen molar-refractivity contribution in [3.05, 3.63) is 0 Å². The Morgan fingerprint density at radius 3 is 2.71 bits per heavy atom. The van der Waals surface area contributed by atoms with Crippen molar-refractivity contribution in [2.45, 2.75) is 19.8 Å². The van der Waals surface area contributed by atoms with E-state index in [2.05, 4.69) is 22.9 Å². The third kappa shape index (κ3) is 6.48. The molecule has 45 valence electrons. The van der Waals surface area contributed by atoms with E-state index in [0.717, 1.165) is 13.0 Å². The zero-order chi connectivity index (χ0) is 5.54. The number of hydrogen-bond donors (Lipinski definition) is 0. The Bertz CT molecular complexity index is 27.3. The van der Waals surface area contributed by atoms with E-state index in [1.807, 2.05) is 0 Å². The molecule has 0 aromatic carbocycles. The fraction of sp³-hybridized carbons (Fsp3) is 1.00. The van der Waals surface area contributed by atoms with E-state index in [1.165, 1.54) is 6.42 Å². The Kier molecular flexibility index (Phi) is 6.92. The number of hydrogen-bond acceptors (Lipinski definition) is 1. The molecule has 0 rings (SSSR count). The van der Waals surface area contributed by atoms with Crippen molar-refractivity contribution < 1.29 is 20.7 Å². The van der Waals surface area contributed by atoms with Crippen LogP contribution in [0.1, 0.15) is 19.8 Å². The minimum atomic E-state index is 0.611. The molecule has 0 aromatic heterocycles. The van der Waals surface area contributed by atoms with Crippen LogP contribution in [0.5, 0.6) is 0 Å². The Morgan fingerprint density at radius 2 is 2.29 bits per heavy atom. The van der Waals surface area contributed by atoms with Crippen molar-refractivity contribution in [2.75, 3.05) is 12.1 Å². The summed E-state index contributed by atoms with van der Waals surface area (Å²) in [6.45, 7) is 3.02. The topological polar surface area (TPSA) is 9.23 Å². The molecule has 0 aliphatic rings. The van der Waals surface area contributed by atoms with Crippen LogP contribution in [0.15, 0.2) is 0 Å². The summed E-state index contributed by atoms with van der Waals surface area (Å²) < 4.78 is 4.96. The van der Waals surface area contributed by atoms with Gasteiger partial charge in [-0.2, -0.15) is 0 Å². The van der Waals surface area contributed by atoms with Gasteiger partial charge in [0.1, 0.15) is 0 Å². The summed E-state index contributed by atoms with van der Waals surface area (Å²) in [4.78, 5) is 0. The van der Waals surface area contributed by atoms with E-state index in [9.17, 15) is 0 Å². The van der Waals surface area contributed by atoms with E-state index in [4.69, 9.17) is 4.74 Å². The van der Waals surface area contributed by atoms with Gasteiger partial charge in [-0.1, -0.05) is 0 Å². The van der Waals surface area contributed by atoms with E-state index < -0.39 is 0 Å². The second-order valence-corrected chi connectivity index (χ2v) is 1.68. The molecular weight excluding hydrogens is 132 g/mol. The third-order valence-electron chi connectivity index (χ3n) is 0.714. The second kappa shape index (κ2) is 6.48. The van der Waals surface area contributed by atoms with E-state index in [1.54, 1.807) is 0 Å². The first kappa shape index (κ1) is 7.48. The molecule has 0 spiro atoms.